The first-order chi connectivity index (χ1) is 12.6. The Morgan fingerprint density at radius 1 is 1.23 bits per heavy atom. The second-order valence-corrected chi connectivity index (χ2v) is 7.13. The van der Waals surface area contributed by atoms with Crippen molar-refractivity contribution in [2.75, 3.05) is 39.3 Å². The fourth-order valence-corrected chi connectivity index (χ4v) is 3.57. The number of carbonyl (C=O) groups excluding carboxylic acids is 2. The SMILES string of the molecule is CCNC(=NCCCN1CCCCCC1=O)NC1CCN(C(=O)CC)C1. The van der Waals surface area contributed by atoms with Crippen LogP contribution in [0.4, 0.5) is 0 Å². The summed E-state index contributed by atoms with van der Waals surface area (Å²) in [6.45, 7) is 8.72. The molecule has 2 N–H and O–H groups in total. The van der Waals surface area contributed by atoms with Crippen LogP contribution in [0, 0.1) is 0 Å². The van der Waals surface area contributed by atoms with Gasteiger partial charge in [-0.25, -0.2) is 0 Å². The maximum absolute atomic E-state index is 12.0. The second kappa shape index (κ2) is 11.0. The molecule has 2 amide bonds. The van der Waals surface area contributed by atoms with Gasteiger partial charge in [-0.05, 0) is 32.6 Å². The number of guanidine groups is 1. The van der Waals surface area contributed by atoms with Gasteiger partial charge in [0, 0.05) is 58.2 Å². The van der Waals surface area contributed by atoms with Gasteiger partial charge in [0.2, 0.25) is 11.8 Å². The highest BCUT2D eigenvalue weighted by atomic mass is 16.2. The van der Waals surface area contributed by atoms with Crippen LogP contribution in [0.2, 0.25) is 0 Å². The van der Waals surface area contributed by atoms with E-state index < -0.39 is 0 Å². The number of nitrogens with zero attached hydrogens (tertiary/aromatic N) is 3. The van der Waals surface area contributed by atoms with Gasteiger partial charge in [0.15, 0.2) is 5.96 Å². The number of nitrogens with one attached hydrogen (secondary N) is 2. The summed E-state index contributed by atoms with van der Waals surface area (Å²) >= 11 is 0. The molecule has 0 aliphatic carbocycles. The normalized spacial score (nSPS) is 21.7. The van der Waals surface area contributed by atoms with E-state index in [4.69, 9.17) is 0 Å². The first-order valence-electron chi connectivity index (χ1n) is 10.2. The lowest BCUT2D eigenvalue weighted by molar-refractivity contribution is -0.131. The van der Waals surface area contributed by atoms with E-state index >= 15 is 0 Å². The van der Waals surface area contributed by atoms with E-state index in [9.17, 15) is 9.59 Å². The Labute approximate surface area is 157 Å². The number of hydrogen-bond acceptors (Lipinski definition) is 3. The Morgan fingerprint density at radius 2 is 2.08 bits per heavy atom. The van der Waals surface area contributed by atoms with Crippen molar-refractivity contribution in [2.24, 2.45) is 4.99 Å². The van der Waals surface area contributed by atoms with E-state index in [1.165, 1.54) is 0 Å². The summed E-state index contributed by atoms with van der Waals surface area (Å²) in [5.74, 6) is 1.33. The van der Waals surface area contributed by atoms with E-state index in [2.05, 4.69) is 22.5 Å². The zero-order chi connectivity index (χ0) is 18.8. The molecule has 2 aliphatic heterocycles. The average molecular weight is 366 g/mol. The molecular formula is C19H35N5O2. The molecule has 0 aromatic rings. The summed E-state index contributed by atoms with van der Waals surface area (Å²) < 4.78 is 0. The summed E-state index contributed by atoms with van der Waals surface area (Å²) in [4.78, 5) is 32.4. The van der Waals surface area contributed by atoms with E-state index in [1.807, 2.05) is 16.7 Å². The maximum atomic E-state index is 12.0. The van der Waals surface area contributed by atoms with Crippen molar-refractivity contribution >= 4 is 17.8 Å². The van der Waals surface area contributed by atoms with Gasteiger partial charge in [-0.3, -0.25) is 14.6 Å². The number of likely N-dealkylation sites (tertiary alicyclic amines) is 2. The highest BCUT2D eigenvalue weighted by molar-refractivity contribution is 5.80. The average Bonchev–Trinajstić information content (AvgIpc) is 3.01. The summed E-state index contributed by atoms with van der Waals surface area (Å²) in [7, 11) is 0. The molecule has 26 heavy (non-hydrogen) atoms. The molecule has 2 saturated heterocycles. The van der Waals surface area contributed by atoms with Crippen molar-refractivity contribution in [1.29, 1.82) is 0 Å². The summed E-state index contributed by atoms with van der Waals surface area (Å²) in [6.07, 6.45) is 6.41. The Morgan fingerprint density at radius 3 is 2.85 bits per heavy atom. The summed E-state index contributed by atoms with van der Waals surface area (Å²) in [6, 6.07) is 0.260. The number of rotatable bonds is 7. The number of carbonyl (C=O) groups is 2. The van der Waals surface area contributed by atoms with Crippen LogP contribution in [-0.4, -0.2) is 72.9 Å². The van der Waals surface area contributed by atoms with Crippen LogP contribution in [0.1, 0.15) is 58.8 Å². The van der Waals surface area contributed by atoms with Crippen LogP contribution < -0.4 is 10.6 Å². The Balaban J connectivity index is 1.75. The topological polar surface area (TPSA) is 77.0 Å². The predicted octanol–water partition coefficient (Wildman–Crippen LogP) is 1.35. The summed E-state index contributed by atoms with van der Waals surface area (Å²) in [5.41, 5.74) is 0. The fourth-order valence-electron chi connectivity index (χ4n) is 3.57. The molecule has 0 aromatic carbocycles. The third kappa shape index (κ3) is 6.50. The Hall–Kier alpha value is -1.79. The first-order valence-corrected chi connectivity index (χ1v) is 10.2. The van der Waals surface area contributed by atoms with Gasteiger partial charge >= 0.3 is 0 Å². The second-order valence-electron chi connectivity index (χ2n) is 7.13. The lowest BCUT2D eigenvalue weighted by Crippen LogP contribution is -2.45. The van der Waals surface area contributed by atoms with Gasteiger partial charge in [-0.1, -0.05) is 13.3 Å². The lowest BCUT2D eigenvalue weighted by atomic mass is 10.2. The minimum atomic E-state index is 0.221. The molecule has 2 heterocycles. The largest absolute Gasteiger partial charge is 0.357 e. The van der Waals surface area contributed by atoms with Gasteiger partial charge in [-0.2, -0.15) is 0 Å². The molecule has 1 unspecified atom stereocenters. The standard InChI is InChI=1S/C19H35N5O2/c1-3-17(25)24-14-10-16(15-24)22-19(20-4-2)21-11-8-13-23-12-7-5-6-9-18(23)26/h16H,3-15H2,1-2H3,(H2,20,21,22). The summed E-state index contributed by atoms with van der Waals surface area (Å²) in [5, 5.41) is 6.73. The third-order valence-electron chi connectivity index (χ3n) is 5.06. The smallest absolute Gasteiger partial charge is 0.222 e. The van der Waals surface area contributed by atoms with E-state index in [1.54, 1.807) is 0 Å². The van der Waals surface area contributed by atoms with Gasteiger partial charge in [0.25, 0.3) is 0 Å². The van der Waals surface area contributed by atoms with Crippen LogP contribution in [0.3, 0.4) is 0 Å². The zero-order valence-electron chi connectivity index (χ0n) is 16.4. The number of amides is 2. The van der Waals surface area contributed by atoms with Gasteiger partial charge in [-0.15, -0.1) is 0 Å². The molecule has 7 nitrogen and oxygen atoms in total. The molecule has 0 spiro atoms. The molecule has 2 aliphatic rings. The quantitative estimate of drug-likeness (QED) is 0.406. The third-order valence-corrected chi connectivity index (χ3v) is 5.06. The van der Waals surface area contributed by atoms with Crippen LogP contribution in [0.5, 0.6) is 0 Å². The molecule has 2 rings (SSSR count). The van der Waals surface area contributed by atoms with Crippen molar-refractivity contribution in [1.82, 2.24) is 20.4 Å². The molecule has 7 heteroatoms. The maximum Gasteiger partial charge on any atom is 0.222 e. The lowest BCUT2D eigenvalue weighted by Gasteiger charge is -2.20. The highest BCUT2D eigenvalue weighted by Gasteiger charge is 2.25. The van der Waals surface area contributed by atoms with Crippen LogP contribution >= 0.6 is 0 Å². The first kappa shape index (κ1) is 20.5. The number of aliphatic imine (C=N–C) groups is 1. The van der Waals surface area contributed by atoms with Crippen molar-refractivity contribution < 1.29 is 9.59 Å². The molecule has 2 fully saturated rings. The molecule has 1 atom stereocenters. The molecule has 148 valence electrons. The zero-order valence-corrected chi connectivity index (χ0v) is 16.4. The number of hydrogen-bond donors (Lipinski definition) is 2. The molecule has 0 radical (unpaired) electrons. The van der Waals surface area contributed by atoms with Crippen molar-refractivity contribution in [3.63, 3.8) is 0 Å². The Bertz CT molecular complexity index is 494. The molecule has 0 bridgehead atoms. The minimum Gasteiger partial charge on any atom is -0.357 e. The van der Waals surface area contributed by atoms with Gasteiger partial charge < -0.3 is 20.4 Å². The van der Waals surface area contributed by atoms with Crippen molar-refractivity contribution in [3.8, 4) is 0 Å². The van der Waals surface area contributed by atoms with Crippen molar-refractivity contribution in [2.45, 2.75) is 64.8 Å². The molecule has 0 aromatic heterocycles. The van der Waals surface area contributed by atoms with E-state index in [0.717, 1.165) is 70.8 Å². The molecular weight excluding hydrogens is 330 g/mol. The Kier molecular flexibility index (Phi) is 8.71. The van der Waals surface area contributed by atoms with E-state index in [0.29, 0.717) is 25.3 Å². The monoisotopic (exact) mass is 365 g/mol. The van der Waals surface area contributed by atoms with Crippen LogP contribution in [0.15, 0.2) is 4.99 Å². The molecule has 0 saturated carbocycles. The van der Waals surface area contributed by atoms with Gasteiger partial charge in [0.1, 0.15) is 0 Å². The van der Waals surface area contributed by atoms with Crippen molar-refractivity contribution in [3.05, 3.63) is 0 Å². The van der Waals surface area contributed by atoms with Crippen LogP contribution in [0.25, 0.3) is 0 Å². The van der Waals surface area contributed by atoms with E-state index in [-0.39, 0.29) is 11.9 Å². The highest BCUT2D eigenvalue weighted by Crippen LogP contribution is 2.12. The van der Waals surface area contributed by atoms with Gasteiger partial charge in [0.05, 0.1) is 0 Å². The fraction of sp³-hybridized carbons (Fsp3) is 0.842. The predicted molar refractivity (Wildman–Crippen MR) is 104 cm³/mol. The van der Waals surface area contributed by atoms with Crippen LogP contribution in [-0.2, 0) is 9.59 Å². The minimum absolute atomic E-state index is 0.221.